The first-order valence-electron chi connectivity index (χ1n) is 5.82. The number of hydrogen-bond donors (Lipinski definition) is 2. The number of benzene rings is 1. The Bertz CT molecular complexity index is 528. The molecule has 94 valence electrons. The Morgan fingerprint density at radius 1 is 1.33 bits per heavy atom. The van der Waals surface area contributed by atoms with Crippen molar-refractivity contribution in [3.8, 4) is 0 Å². The first kappa shape index (κ1) is 13.0. The van der Waals surface area contributed by atoms with Crippen LogP contribution in [-0.2, 0) is 6.42 Å². The van der Waals surface area contributed by atoms with Gasteiger partial charge in [0.05, 0.1) is 6.04 Å². The second kappa shape index (κ2) is 5.96. The van der Waals surface area contributed by atoms with Gasteiger partial charge in [-0.15, -0.1) is 0 Å². The van der Waals surface area contributed by atoms with Crippen molar-refractivity contribution in [2.45, 2.75) is 19.4 Å². The van der Waals surface area contributed by atoms with Crippen LogP contribution in [0.2, 0.25) is 5.02 Å². The highest BCUT2D eigenvalue weighted by atomic mass is 35.5. The zero-order valence-electron chi connectivity index (χ0n) is 10.2. The number of halogens is 1. The van der Waals surface area contributed by atoms with Gasteiger partial charge in [0.2, 0.25) is 0 Å². The highest BCUT2D eigenvalue weighted by molar-refractivity contribution is 6.31. The van der Waals surface area contributed by atoms with Crippen molar-refractivity contribution in [3.05, 3.63) is 64.4 Å². The molecule has 1 aromatic carbocycles. The molecule has 0 aliphatic carbocycles. The molecule has 2 aromatic rings. The third-order valence-corrected chi connectivity index (χ3v) is 3.25. The van der Waals surface area contributed by atoms with Gasteiger partial charge in [-0.3, -0.25) is 16.3 Å². The molecule has 1 heterocycles. The van der Waals surface area contributed by atoms with Crippen LogP contribution in [0.3, 0.4) is 0 Å². The van der Waals surface area contributed by atoms with Crippen molar-refractivity contribution in [2.75, 3.05) is 0 Å². The summed E-state index contributed by atoms with van der Waals surface area (Å²) in [5.41, 5.74) is 6.08. The molecule has 1 aromatic heterocycles. The van der Waals surface area contributed by atoms with Gasteiger partial charge in [-0.05, 0) is 36.1 Å². The van der Waals surface area contributed by atoms with E-state index in [2.05, 4.69) is 16.5 Å². The van der Waals surface area contributed by atoms with E-state index >= 15 is 0 Å². The van der Waals surface area contributed by atoms with E-state index in [0.29, 0.717) is 0 Å². The van der Waals surface area contributed by atoms with Gasteiger partial charge in [0, 0.05) is 17.4 Å². The molecule has 3 nitrogen and oxygen atoms in total. The van der Waals surface area contributed by atoms with Crippen molar-refractivity contribution >= 4 is 11.6 Å². The summed E-state index contributed by atoms with van der Waals surface area (Å²) < 4.78 is 0. The van der Waals surface area contributed by atoms with Crippen LogP contribution in [0, 0.1) is 6.92 Å². The average Bonchev–Trinajstić information content (AvgIpc) is 2.38. The van der Waals surface area contributed by atoms with Crippen LogP contribution in [-0.4, -0.2) is 4.98 Å². The number of pyridine rings is 1. The maximum Gasteiger partial charge on any atom is 0.0516 e. The first-order chi connectivity index (χ1) is 8.70. The summed E-state index contributed by atoms with van der Waals surface area (Å²) in [4.78, 5) is 4.19. The second-order valence-electron chi connectivity index (χ2n) is 4.31. The number of rotatable bonds is 4. The molecule has 1 atom stereocenters. The quantitative estimate of drug-likeness (QED) is 0.657. The SMILES string of the molecule is Cc1cncc(C(Cc2ccccc2Cl)NN)c1. The molecular formula is C14H16ClN3. The van der Waals surface area contributed by atoms with Crippen LogP contribution >= 0.6 is 11.6 Å². The molecule has 0 fully saturated rings. The van der Waals surface area contributed by atoms with Gasteiger partial charge in [0.1, 0.15) is 0 Å². The fourth-order valence-corrected chi connectivity index (χ4v) is 2.14. The van der Waals surface area contributed by atoms with Crippen LogP contribution in [0.25, 0.3) is 0 Å². The molecule has 1 unspecified atom stereocenters. The summed E-state index contributed by atoms with van der Waals surface area (Å²) in [6.45, 7) is 2.01. The van der Waals surface area contributed by atoms with Gasteiger partial charge in [-0.25, -0.2) is 0 Å². The van der Waals surface area contributed by atoms with Crippen LogP contribution < -0.4 is 11.3 Å². The Balaban J connectivity index is 2.23. The highest BCUT2D eigenvalue weighted by Gasteiger charge is 2.12. The number of nitrogens with one attached hydrogen (secondary N) is 1. The van der Waals surface area contributed by atoms with Crippen molar-refractivity contribution in [3.63, 3.8) is 0 Å². The van der Waals surface area contributed by atoms with E-state index in [1.807, 2.05) is 43.6 Å². The monoisotopic (exact) mass is 261 g/mol. The Kier molecular flexibility index (Phi) is 4.31. The third kappa shape index (κ3) is 3.07. The van der Waals surface area contributed by atoms with Gasteiger partial charge in [-0.2, -0.15) is 0 Å². The molecule has 4 heteroatoms. The average molecular weight is 262 g/mol. The third-order valence-electron chi connectivity index (χ3n) is 2.88. The molecule has 0 aliphatic rings. The van der Waals surface area contributed by atoms with E-state index in [0.717, 1.165) is 28.1 Å². The molecule has 0 radical (unpaired) electrons. The number of nitrogens with zero attached hydrogens (tertiary/aromatic N) is 1. The van der Waals surface area contributed by atoms with E-state index < -0.39 is 0 Å². The largest absolute Gasteiger partial charge is 0.271 e. The standard InChI is InChI=1S/C14H16ClN3/c1-10-6-12(9-17-8-10)14(18-16)7-11-4-2-3-5-13(11)15/h2-6,8-9,14,18H,7,16H2,1H3. The Morgan fingerprint density at radius 3 is 2.78 bits per heavy atom. The van der Waals surface area contributed by atoms with Crippen LogP contribution in [0.15, 0.2) is 42.7 Å². The summed E-state index contributed by atoms with van der Waals surface area (Å²) >= 11 is 6.16. The molecule has 3 N–H and O–H groups in total. The summed E-state index contributed by atoms with van der Waals surface area (Å²) in [7, 11) is 0. The molecule has 0 saturated heterocycles. The molecular weight excluding hydrogens is 246 g/mol. The maximum atomic E-state index is 6.16. The number of hydrogen-bond acceptors (Lipinski definition) is 3. The number of aromatic nitrogens is 1. The topological polar surface area (TPSA) is 50.9 Å². The van der Waals surface area contributed by atoms with E-state index in [1.54, 1.807) is 0 Å². The predicted molar refractivity (Wildman–Crippen MR) is 74.2 cm³/mol. The van der Waals surface area contributed by atoms with E-state index in [1.165, 1.54) is 0 Å². The van der Waals surface area contributed by atoms with Gasteiger partial charge in [0.25, 0.3) is 0 Å². The minimum atomic E-state index is 0.0114. The summed E-state index contributed by atoms with van der Waals surface area (Å²) in [5, 5.41) is 0.762. The fraction of sp³-hybridized carbons (Fsp3) is 0.214. The van der Waals surface area contributed by atoms with Crippen LogP contribution in [0.1, 0.15) is 22.7 Å². The van der Waals surface area contributed by atoms with Crippen molar-refractivity contribution < 1.29 is 0 Å². The van der Waals surface area contributed by atoms with Gasteiger partial charge < -0.3 is 0 Å². The Morgan fingerprint density at radius 2 is 2.11 bits per heavy atom. The van der Waals surface area contributed by atoms with Crippen molar-refractivity contribution in [1.29, 1.82) is 0 Å². The lowest BCUT2D eigenvalue weighted by atomic mass is 10.00. The molecule has 0 saturated carbocycles. The first-order valence-corrected chi connectivity index (χ1v) is 6.19. The smallest absolute Gasteiger partial charge is 0.0516 e. The second-order valence-corrected chi connectivity index (χ2v) is 4.72. The predicted octanol–water partition coefficient (Wildman–Crippen LogP) is 2.79. The van der Waals surface area contributed by atoms with E-state index in [-0.39, 0.29) is 6.04 Å². The molecule has 0 amide bonds. The van der Waals surface area contributed by atoms with Crippen LogP contribution in [0.5, 0.6) is 0 Å². The lowest BCUT2D eigenvalue weighted by Crippen LogP contribution is -2.29. The Hall–Kier alpha value is -1.42. The van der Waals surface area contributed by atoms with E-state index in [9.17, 15) is 0 Å². The molecule has 0 spiro atoms. The molecule has 18 heavy (non-hydrogen) atoms. The molecule has 2 rings (SSSR count). The minimum Gasteiger partial charge on any atom is -0.271 e. The normalized spacial score (nSPS) is 12.4. The number of hydrazine groups is 1. The molecule has 0 bridgehead atoms. The van der Waals surface area contributed by atoms with Gasteiger partial charge in [0.15, 0.2) is 0 Å². The summed E-state index contributed by atoms with van der Waals surface area (Å²) in [6, 6.07) is 9.88. The van der Waals surface area contributed by atoms with Crippen molar-refractivity contribution in [2.24, 2.45) is 5.84 Å². The summed E-state index contributed by atoms with van der Waals surface area (Å²) in [6.07, 6.45) is 4.39. The lowest BCUT2D eigenvalue weighted by Gasteiger charge is -2.17. The Labute approximate surface area is 112 Å². The number of aryl methyl sites for hydroxylation is 1. The molecule has 0 aliphatic heterocycles. The zero-order valence-corrected chi connectivity index (χ0v) is 11.0. The summed E-state index contributed by atoms with van der Waals surface area (Å²) in [5.74, 6) is 5.63. The van der Waals surface area contributed by atoms with Crippen LogP contribution in [0.4, 0.5) is 0 Å². The van der Waals surface area contributed by atoms with E-state index in [4.69, 9.17) is 17.4 Å². The zero-order chi connectivity index (χ0) is 13.0. The highest BCUT2D eigenvalue weighted by Crippen LogP contribution is 2.22. The maximum absolute atomic E-state index is 6.16. The fourth-order valence-electron chi connectivity index (χ4n) is 1.93. The minimum absolute atomic E-state index is 0.0114. The van der Waals surface area contributed by atoms with Gasteiger partial charge in [-0.1, -0.05) is 35.9 Å². The van der Waals surface area contributed by atoms with Crippen molar-refractivity contribution in [1.82, 2.24) is 10.4 Å². The number of nitrogens with two attached hydrogens (primary N) is 1. The lowest BCUT2D eigenvalue weighted by molar-refractivity contribution is 0.550. The van der Waals surface area contributed by atoms with Gasteiger partial charge >= 0.3 is 0 Å².